The number of ether oxygens (including phenoxy) is 1. The molecule has 1 fully saturated rings. The van der Waals surface area contributed by atoms with E-state index in [0.717, 1.165) is 35.0 Å². The van der Waals surface area contributed by atoms with Gasteiger partial charge in [0.1, 0.15) is 5.75 Å². The van der Waals surface area contributed by atoms with Gasteiger partial charge in [-0.25, -0.2) is 5.43 Å². The van der Waals surface area contributed by atoms with Crippen molar-refractivity contribution in [2.75, 3.05) is 25.1 Å². The molecule has 5 nitrogen and oxygen atoms in total. The Hall–Kier alpha value is -3.34. The summed E-state index contributed by atoms with van der Waals surface area (Å²) in [6.07, 6.45) is 5.53. The van der Waals surface area contributed by atoms with Gasteiger partial charge < -0.3 is 9.64 Å². The Morgan fingerprint density at radius 2 is 1.77 bits per heavy atom. The quantitative estimate of drug-likeness (QED) is 0.488. The maximum absolute atomic E-state index is 12.7. The van der Waals surface area contributed by atoms with Gasteiger partial charge in [0.2, 0.25) is 0 Å². The number of amides is 1. The molecule has 1 saturated heterocycles. The lowest BCUT2D eigenvalue weighted by molar-refractivity contribution is 0.0952. The lowest BCUT2D eigenvalue weighted by Crippen LogP contribution is -2.29. The van der Waals surface area contributed by atoms with Crippen molar-refractivity contribution in [3.63, 3.8) is 0 Å². The predicted molar refractivity (Wildman–Crippen MR) is 123 cm³/mol. The number of carbonyl (C=O) groups excluding carboxylic acids is 1. The summed E-state index contributed by atoms with van der Waals surface area (Å²) in [7, 11) is 1.57. The molecule has 1 N–H and O–H groups in total. The van der Waals surface area contributed by atoms with E-state index in [9.17, 15) is 4.79 Å². The molecule has 0 atom stereocenters. The van der Waals surface area contributed by atoms with Crippen LogP contribution in [0.15, 0.2) is 59.7 Å². The summed E-state index contributed by atoms with van der Waals surface area (Å²) in [5.74, 6) is 0.236. The molecule has 3 aromatic rings. The second-order valence-electron chi connectivity index (χ2n) is 7.69. The smallest absolute Gasteiger partial charge is 0.275 e. The average Bonchev–Trinajstić information content (AvgIpc) is 2.79. The van der Waals surface area contributed by atoms with Crippen molar-refractivity contribution in [3.8, 4) is 5.75 Å². The van der Waals surface area contributed by atoms with Crippen LogP contribution in [0.4, 0.5) is 5.69 Å². The molecule has 0 bridgehead atoms. The van der Waals surface area contributed by atoms with Gasteiger partial charge in [-0.05, 0) is 72.4 Å². The number of anilines is 1. The molecule has 0 aromatic heterocycles. The van der Waals surface area contributed by atoms with Crippen LogP contribution < -0.4 is 15.1 Å². The first-order valence-electron chi connectivity index (χ1n) is 10.4. The Kier molecular flexibility index (Phi) is 5.98. The number of piperidine rings is 1. The van der Waals surface area contributed by atoms with E-state index >= 15 is 0 Å². The molecule has 30 heavy (non-hydrogen) atoms. The number of benzene rings is 3. The number of fused-ring (bicyclic) bond motifs is 1. The number of carbonyl (C=O) groups is 1. The van der Waals surface area contributed by atoms with Crippen LogP contribution in [0.5, 0.6) is 5.75 Å². The van der Waals surface area contributed by atoms with Crippen LogP contribution in [0.2, 0.25) is 0 Å². The molecule has 154 valence electrons. The topological polar surface area (TPSA) is 53.9 Å². The summed E-state index contributed by atoms with van der Waals surface area (Å²) >= 11 is 0. The van der Waals surface area contributed by atoms with Crippen molar-refractivity contribution < 1.29 is 9.53 Å². The minimum Gasteiger partial charge on any atom is -0.496 e. The highest BCUT2D eigenvalue weighted by Crippen LogP contribution is 2.26. The molecule has 4 rings (SSSR count). The van der Waals surface area contributed by atoms with Gasteiger partial charge >= 0.3 is 0 Å². The molecule has 0 unspecified atom stereocenters. The van der Waals surface area contributed by atoms with E-state index in [4.69, 9.17) is 4.74 Å². The maximum atomic E-state index is 12.7. The van der Waals surface area contributed by atoms with Gasteiger partial charge in [0.25, 0.3) is 5.91 Å². The zero-order valence-electron chi connectivity index (χ0n) is 17.5. The first kappa shape index (κ1) is 20.0. The minimum atomic E-state index is -0.295. The van der Waals surface area contributed by atoms with Gasteiger partial charge in [0.15, 0.2) is 0 Å². The third kappa shape index (κ3) is 4.30. The molecule has 0 saturated carbocycles. The molecule has 1 amide bonds. The van der Waals surface area contributed by atoms with Crippen molar-refractivity contribution in [1.29, 1.82) is 0 Å². The summed E-state index contributed by atoms with van der Waals surface area (Å²) in [6, 6.07) is 18.0. The standard InChI is InChI=1S/C25H27N3O2/c1-18-14-22(28-12-6-3-7-13-28)11-10-21(18)17-26-27-25(29)23-15-19-8-4-5-9-20(19)16-24(23)30-2/h4-5,8-11,14-17H,3,6-7,12-13H2,1-2H3,(H,27,29). The van der Waals surface area contributed by atoms with Crippen LogP contribution in [0.25, 0.3) is 10.8 Å². The van der Waals surface area contributed by atoms with Crippen molar-refractivity contribution in [1.82, 2.24) is 5.43 Å². The van der Waals surface area contributed by atoms with Crippen LogP contribution in [0.1, 0.15) is 40.7 Å². The minimum absolute atomic E-state index is 0.295. The largest absolute Gasteiger partial charge is 0.496 e. The van der Waals surface area contributed by atoms with Gasteiger partial charge in [-0.15, -0.1) is 0 Å². The van der Waals surface area contributed by atoms with Gasteiger partial charge in [0, 0.05) is 18.8 Å². The summed E-state index contributed by atoms with van der Waals surface area (Å²) in [4.78, 5) is 15.1. The fourth-order valence-electron chi connectivity index (χ4n) is 3.94. The van der Waals surface area contributed by atoms with Crippen molar-refractivity contribution in [2.45, 2.75) is 26.2 Å². The molecule has 1 aliphatic heterocycles. The van der Waals surface area contributed by atoms with Crippen LogP contribution in [-0.2, 0) is 0 Å². The van der Waals surface area contributed by atoms with E-state index in [-0.39, 0.29) is 5.91 Å². The monoisotopic (exact) mass is 401 g/mol. The van der Waals surface area contributed by atoms with Gasteiger partial charge in [0.05, 0.1) is 18.9 Å². The molecule has 0 aliphatic carbocycles. The fourth-order valence-corrected chi connectivity index (χ4v) is 3.94. The van der Waals surface area contributed by atoms with Gasteiger partial charge in [-0.2, -0.15) is 5.10 Å². The Morgan fingerprint density at radius 3 is 2.47 bits per heavy atom. The SMILES string of the molecule is COc1cc2ccccc2cc1C(=O)NN=Cc1ccc(N2CCCCC2)cc1C. The molecule has 0 radical (unpaired) electrons. The molecule has 3 aromatic carbocycles. The predicted octanol–water partition coefficient (Wildman–Crippen LogP) is 4.91. The highest BCUT2D eigenvalue weighted by Gasteiger charge is 2.14. The van der Waals surface area contributed by atoms with E-state index in [0.29, 0.717) is 11.3 Å². The van der Waals surface area contributed by atoms with E-state index in [1.54, 1.807) is 13.3 Å². The molecular formula is C25H27N3O2. The number of nitrogens with one attached hydrogen (secondary N) is 1. The van der Waals surface area contributed by atoms with Gasteiger partial charge in [-0.3, -0.25) is 4.79 Å². The third-order valence-electron chi connectivity index (χ3n) is 5.66. The number of hydrogen-bond acceptors (Lipinski definition) is 4. The number of hydrazone groups is 1. The number of aryl methyl sites for hydroxylation is 1. The third-order valence-corrected chi connectivity index (χ3v) is 5.66. The van der Waals surface area contributed by atoms with Gasteiger partial charge in [-0.1, -0.05) is 30.3 Å². The second kappa shape index (κ2) is 8.99. The Labute approximate surface area is 177 Å². The Bertz CT molecular complexity index is 1080. The number of methoxy groups -OCH3 is 1. The number of rotatable bonds is 5. The summed E-state index contributed by atoms with van der Waals surface area (Å²) < 4.78 is 5.41. The van der Waals surface area contributed by atoms with Crippen LogP contribution >= 0.6 is 0 Å². The zero-order valence-corrected chi connectivity index (χ0v) is 17.5. The fraction of sp³-hybridized carbons (Fsp3) is 0.280. The van der Waals surface area contributed by atoms with Crippen molar-refractivity contribution in [2.24, 2.45) is 5.10 Å². The van der Waals surface area contributed by atoms with Crippen molar-refractivity contribution >= 4 is 28.6 Å². The second-order valence-corrected chi connectivity index (χ2v) is 7.69. The molecular weight excluding hydrogens is 374 g/mol. The highest BCUT2D eigenvalue weighted by atomic mass is 16.5. The summed E-state index contributed by atoms with van der Waals surface area (Å²) in [5, 5.41) is 6.19. The van der Waals surface area contributed by atoms with Crippen LogP contribution in [0.3, 0.4) is 0 Å². The molecule has 1 aliphatic rings. The van der Waals surface area contributed by atoms with E-state index in [2.05, 4.69) is 40.5 Å². The first-order chi connectivity index (χ1) is 14.7. The zero-order chi connectivity index (χ0) is 20.9. The number of hydrogen-bond donors (Lipinski definition) is 1. The summed E-state index contributed by atoms with van der Waals surface area (Å²) in [5.41, 5.74) is 6.48. The average molecular weight is 402 g/mol. The van der Waals surface area contributed by atoms with Crippen LogP contribution in [0, 0.1) is 6.92 Å². The highest BCUT2D eigenvalue weighted by molar-refractivity contribution is 6.02. The Morgan fingerprint density at radius 1 is 1.03 bits per heavy atom. The normalized spacial score (nSPS) is 14.3. The van der Waals surface area contributed by atoms with Crippen LogP contribution in [-0.4, -0.2) is 32.3 Å². The first-order valence-corrected chi connectivity index (χ1v) is 10.4. The van der Waals surface area contributed by atoms with E-state index in [1.165, 1.54) is 24.9 Å². The maximum Gasteiger partial charge on any atom is 0.275 e. The lowest BCUT2D eigenvalue weighted by Gasteiger charge is -2.29. The molecule has 5 heteroatoms. The lowest BCUT2D eigenvalue weighted by atomic mass is 10.1. The number of nitrogens with zero attached hydrogens (tertiary/aromatic N) is 2. The van der Waals surface area contributed by atoms with E-state index < -0.39 is 0 Å². The van der Waals surface area contributed by atoms with Crippen molar-refractivity contribution in [3.05, 3.63) is 71.3 Å². The Balaban J connectivity index is 1.48. The van der Waals surface area contributed by atoms with E-state index in [1.807, 2.05) is 36.4 Å². The molecule has 0 spiro atoms. The molecule has 1 heterocycles. The summed E-state index contributed by atoms with van der Waals surface area (Å²) in [6.45, 7) is 4.32.